The molecule has 9 nitrogen and oxygen atoms in total. The number of hydrogen-bond donors (Lipinski definition) is 3. The second-order valence-corrected chi connectivity index (χ2v) is 7.34. The standard InChI is InChI=1S/C22H14F3N3O6/c1-26-13-7-6-12-17-19(13)34-9-14(10-2-4-11(5-3-10)22(23,24)25)28(17)21(33)16(18(12)31)20(32)27-8-15(29)30/h2-7,14,31H,8-9H2,(H,27,32)(H,29,30). The number of aromatic nitrogens is 1. The molecule has 0 fully saturated rings. The lowest BCUT2D eigenvalue weighted by molar-refractivity contribution is -0.138. The molecule has 3 aromatic rings. The van der Waals surface area contributed by atoms with Crippen molar-refractivity contribution in [3.63, 3.8) is 0 Å². The Kier molecular flexibility index (Phi) is 5.40. The number of benzene rings is 2. The van der Waals surface area contributed by atoms with E-state index in [1.165, 1.54) is 12.1 Å². The summed E-state index contributed by atoms with van der Waals surface area (Å²) >= 11 is 0. The van der Waals surface area contributed by atoms with Gasteiger partial charge in [-0.05, 0) is 17.7 Å². The molecule has 2 heterocycles. The van der Waals surface area contributed by atoms with Crippen LogP contribution in [0.3, 0.4) is 0 Å². The number of nitrogens with zero attached hydrogens (tertiary/aromatic N) is 2. The molecule has 1 unspecified atom stereocenters. The molecule has 4 rings (SSSR count). The van der Waals surface area contributed by atoms with E-state index in [-0.39, 0.29) is 34.5 Å². The van der Waals surface area contributed by atoms with E-state index >= 15 is 0 Å². The maximum atomic E-state index is 13.4. The number of aromatic hydroxyl groups is 1. The normalized spacial score (nSPS) is 14.8. The van der Waals surface area contributed by atoms with Gasteiger partial charge in [0, 0.05) is 5.39 Å². The van der Waals surface area contributed by atoms with Gasteiger partial charge < -0.3 is 20.3 Å². The van der Waals surface area contributed by atoms with Gasteiger partial charge in [-0.3, -0.25) is 19.0 Å². The summed E-state index contributed by atoms with van der Waals surface area (Å²) < 4.78 is 45.7. The fourth-order valence-corrected chi connectivity index (χ4v) is 3.80. The van der Waals surface area contributed by atoms with E-state index in [0.29, 0.717) is 0 Å². The van der Waals surface area contributed by atoms with Crippen LogP contribution in [-0.2, 0) is 11.0 Å². The summed E-state index contributed by atoms with van der Waals surface area (Å²) in [5.74, 6) is -3.30. The quantitative estimate of drug-likeness (QED) is 0.501. The first-order valence-electron chi connectivity index (χ1n) is 9.66. The summed E-state index contributed by atoms with van der Waals surface area (Å²) in [6, 6.07) is 5.61. The summed E-state index contributed by atoms with van der Waals surface area (Å²) in [4.78, 5) is 40.1. The van der Waals surface area contributed by atoms with Gasteiger partial charge in [0.25, 0.3) is 11.5 Å². The third-order valence-electron chi connectivity index (χ3n) is 5.34. The fraction of sp³-hybridized carbons (Fsp3) is 0.182. The Hall–Kier alpha value is -4.53. The number of carboxylic acid groups (broad SMARTS) is 1. The fourth-order valence-electron chi connectivity index (χ4n) is 3.80. The van der Waals surface area contributed by atoms with E-state index < -0.39 is 53.1 Å². The topological polar surface area (TPSA) is 122 Å². The number of carbonyl (C=O) groups excluding carboxylic acids is 1. The summed E-state index contributed by atoms with van der Waals surface area (Å²) in [5, 5.41) is 21.5. The van der Waals surface area contributed by atoms with Gasteiger partial charge in [0.15, 0.2) is 5.75 Å². The van der Waals surface area contributed by atoms with E-state index in [0.717, 1.165) is 28.8 Å². The molecule has 1 atom stereocenters. The van der Waals surface area contributed by atoms with E-state index in [1.54, 1.807) is 0 Å². The lowest BCUT2D eigenvalue weighted by atomic mass is 10.00. The Morgan fingerprint density at radius 1 is 1.21 bits per heavy atom. The molecule has 2 aromatic carbocycles. The van der Waals surface area contributed by atoms with E-state index in [2.05, 4.69) is 4.85 Å². The van der Waals surface area contributed by atoms with Crippen molar-refractivity contribution in [2.24, 2.45) is 0 Å². The van der Waals surface area contributed by atoms with Crippen LogP contribution in [0.15, 0.2) is 41.2 Å². The molecule has 0 radical (unpaired) electrons. The number of ether oxygens (including phenoxy) is 1. The third-order valence-corrected chi connectivity index (χ3v) is 5.34. The summed E-state index contributed by atoms with van der Waals surface area (Å²) in [6.45, 7) is 6.27. The highest BCUT2D eigenvalue weighted by Crippen LogP contribution is 2.44. The van der Waals surface area contributed by atoms with Crippen LogP contribution in [0, 0.1) is 6.57 Å². The first-order chi connectivity index (χ1) is 16.0. The first kappa shape index (κ1) is 22.7. The number of halogens is 3. The first-order valence-corrected chi connectivity index (χ1v) is 9.66. The predicted molar refractivity (Wildman–Crippen MR) is 111 cm³/mol. The van der Waals surface area contributed by atoms with Crippen LogP contribution in [0.5, 0.6) is 11.5 Å². The minimum Gasteiger partial charge on any atom is -0.506 e. The van der Waals surface area contributed by atoms with Gasteiger partial charge in [0.05, 0.1) is 23.7 Å². The molecule has 0 saturated heterocycles. The number of pyridine rings is 1. The minimum atomic E-state index is -4.57. The van der Waals surface area contributed by atoms with Crippen LogP contribution in [0.25, 0.3) is 15.7 Å². The highest BCUT2D eigenvalue weighted by atomic mass is 19.4. The van der Waals surface area contributed by atoms with Gasteiger partial charge in [-0.1, -0.05) is 24.3 Å². The summed E-state index contributed by atoms with van der Waals surface area (Å²) in [5.41, 5.74) is -2.41. The van der Waals surface area contributed by atoms with Gasteiger partial charge in [-0.25, -0.2) is 4.85 Å². The highest BCUT2D eigenvalue weighted by Gasteiger charge is 2.34. The molecule has 34 heavy (non-hydrogen) atoms. The number of hydrogen-bond acceptors (Lipinski definition) is 5. The van der Waals surface area contributed by atoms with Crippen LogP contribution >= 0.6 is 0 Å². The number of carbonyl (C=O) groups is 2. The Morgan fingerprint density at radius 2 is 1.88 bits per heavy atom. The molecule has 1 amide bonds. The monoisotopic (exact) mass is 473 g/mol. The molecule has 12 heteroatoms. The number of alkyl halides is 3. The van der Waals surface area contributed by atoms with Crippen LogP contribution in [-0.4, -0.2) is 39.8 Å². The molecular weight excluding hydrogens is 459 g/mol. The Balaban J connectivity index is 1.98. The Morgan fingerprint density at radius 3 is 2.47 bits per heavy atom. The zero-order valence-electron chi connectivity index (χ0n) is 17.0. The zero-order chi connectivity index (χ0) is 24.8. The third kappa shape index (κ3) is 3.66. The molecule has 174 valence electrons. The Labute approximate surface area is 188 Å². The van der Waals surface area contributed by atoms with Crippen LogP contribution in [0.4, 0.5) is 18.9 Å². The average Bonchev–Trinajstić information content (AvgIpc) is 2.80. The van der Waals surface area contributed by atoms with Gasteiger partial charge >= 0.3 is 12.1 Å². The predicted octanol–water partition coefficient (Wildman–Crippen LogP) is 3.07. The molecular formula is C22H14F3N3O6. The van der Waals surface area contributed by atoms with Crippen LogP contribution in [0.1, 0.15) is 27.5 Å². The van der Waals surface area contributed by atoms with Crippen molar-refractivity contribution >= 4 is 28.5 Å². The van der Waals surface area contributed by atoms with E-state index in [9.17, 15) is 32.7 Å². The van der Waals surface area contributed by atoms with Gasteiger partial charge in [-0.15, -0.1) is 0 Å². The van der Waals surface area contributed by atoms with Crippen LogP contribution < -0.4 is 15.6 Å². The molecule has 0 aliphatic carbocycles. The maximum absolute atomic E-state index is 13.4. The average molecular weight is 473 g/mol. The lowest BCUT2D eigenvalue weighted by Gasteiger charge is -2.30. The maximum Gasteiger partial charge on any atom is 0.416 e. The van der Waals surface area contributed by atoms with Crippen molar-refractivity contribution in [3.8, 4) is 11.5 Å². The lowest BCUT2D eigenvalue weighted by Crippen LogP contribution is -2.39. The smallest absolute Gasteiger partial charge is 0.416 e. The number of carboxylic acids is 1. The van der Waals surface area contributed by atoms with Crippen molar-refractivity contribution in [1.29, 1.82) is 0 Å². The Bertz CT molecular complexity index is 1440. The molecule has 3 N–H and O–H groups in total. The van der Waals surface area contributed by atoms with E-state index in [4.69, 9.17) is 16.4 Å². The van der Waals surface area contributed by atoms with Crippen molar-refractivity contribution < 1.29 is 37.7 Å². The van der Waals surface area contributed by atoms with E-state index in [1.807, 2.05) is 5.32 Å². The summed E-state index contributed by atoms with van der Waals surface area (Å²) in [6.07, 6.45) is -4.57. The van der Waals surface area contributed by atoms with Crippen molar-refractivity contribution in [3.05, 3.63) is 74.9 Å². The number of amides is 1. The number of aliphatic carboxylic acids is 1. The summed E-state index contributed by atoms with van der Waals surface area (Å²) in [7, 11) is 0. The van der Waals surface area contributed by atoms with Crippen molar-refractivity contribution in [2.75, 3.05) is 13.2 Å². The molecule has 1 aliphatic heterocycles. The van der Waals surface area contributed by atoms with Gasteiger partial charge in [0.1, 0.15) is 24.5 Å². The SMILES string of the molecule is [C-]#[N+]c1ccc2c(O)c(C(=O)NCC(=O)O)c(=O)n3c2c1OCC3c1ccc(C(F)(F)F)cc1. The molecule has 0 bridgehead atoms. The number of nitrogens with one attached hydrogen (secondary N) is 1. The largest absolute Gasteiger partial charge is 0.506 e. The molecule has 0 saturated carbocycles. The zero-order valence-corrected chi connectivity index (χ0v) is 17.0. The van der Waals surface area contributed by atoms with Crippen molar-refractivity contribution in [2.45, 2.75) is 12.2 Å². The molecule has 0 spiro atoms. The molecule has 1 aliphatic rings. The second-order valence-electron chi connectivity index (χ2n) is 7.34. The second kappa shape index (κ2) is 8.11. The van der Waals surface area contributed by atoms with Gasteiger partial charge in [0.2, 0.25) is 5.69 Å². The van der Waals surface area contributed by atoms with Crippen LogP contribution in [0.2, 0.25) is 0 Å². The van der Waals surface area contributed by atoms with Crippen molar-refractivity contribution in [1.82, 2.24) is 9.88 Å². The number of rotatable bonds is 4. The van der Waals surface area contributed by atoms with Gasteiger partial charge in [-0.2, -0.15) is 13.2 Å². The molecule has 1 aromatic heterocycles. The minimum absolute atomic E-state index is 0.0121. The highest BCUT2D eigenvalue weighted by molar-refractivity contribution is 6.05.